The van der Waals surface area contributed by atoms with E-state index in [1.54, 1.807) is 24.6 Å². The van der Waals surface area contributed by atoms with Crippen LogP contribution >= 0.6 is 35.3 Å². The van der Waals surface area contributed by atoms with Gasteiger partial charge in [-0.25, -0.2) is 15.0 Å². The molecule has 0 saturated carbocycles. The average molecular weight is 461 g/mol. The summed E-state index contributed by atoms with van der Waals surface area (Å²) in [7, 11) is 1.61. The second-order valence-corrected chi connectivity index (χ2v) is 6.00. The van der Waals surface area contributed by atoms with Crippen molar-refractivity contribution in [3.8, 4) is 5.88 Å². The fourth-order valence-corrected chi connectivity index (χ4v) is 2.62. The predicted molar refractivity (Wildman–Crippen MR) is 110 cm³/mol. The molecule has 0 radical (unpaired) electrons. The number of halogens is 1. The van der Waals surface area contributed by atoms with E-state index in [1.165, 1.54) is 0 Å². The normalized spacial score (nSPS) is 10.9. The van der Waals surface area contributed by atoms with Gasteiger partial charge in [-0.1, -0.05) is 6.07 Å². The first-order chi connectivity index (χ1) is 11.2. The van der Waals surface area contributed by atoms with Crippen molar-refractivity contribution in [1.29, 1.82) is 0 Å². The summed E-state index contributed by atoms with van der Waals surface area (Å²) in [4.78, 5) is 13.2. The summed E-state index contributed by atoms with van der Waals surface area (Å²) in [5, 5.41) is 9.78. The Balaban J connectivity index is 0.00000288. The molecule has 6 nitrogen and oxygen atoms in total. The molecule has 0 fully saturated rings. The zero-order chi connectivity index (χ0) is 16.5. The van der Waals surface area contributed by atoms with E-state index in [-0.39, 0.29) is 24.0 Å². The highest BCUT2D eigenvalue weighted by atomic mass is 127. The van der Waals surface area contributed by atoms with Gasteiger partial charge in [-0.3, -0.25) is 0 Å². The zero-order valence-electron chi connectivity index (χ0n) is 14.2. The number of nitrogens with zero attached hydrogens (tertiary/aromatic N) is 3. The topological polar surface area (TPSA) is 71.4 Å². The number of hydrogen-bond donors (Lipinski definition) is 2. The molecule has 132 valence electrons. The van der Waals surface area contributed by atoms with Crippen LogP contribution in [0, 0.1) is 6.92 Å². The van der Waals surface area contributed by atoms with E-state index in [4.69, 9.17) is 4.74 Å². The van der Waals surface area contributed by atoms with Crippen molar-refractivity contribution in [3.05, 3.63) is 40.0 Å². The minimum atomic E-state index is 0. The fourth-order valence-electron chi connectivity index (χ4n) is 1.97. The number of nitrogens with one attached hydrogen (secondary N) is 2. The number of aromatic nitrogens is 2. The lowest BCUT2D eigenvalue weighted by molar-refractivity contribution is 0.397. The van der Waals surface area contributed by atoms with Gasteiger partial charge in [0.2, 0.25) is 5.88 Å². The highest BCUT2D eigenvalue weighted by Crippen LogP contribution is 2.08. The van der Waals surface area contributed by atoms with Gasteiger partial charge in [0, 0.05) is 37.2 Å². The molecule has 0 atom stereocenters. The number of pyridine rings is 1. The van der Waals surface area contributed by atoms with Gasteiger partial charge in [-0.05, 0) is 19.4 Å². The molecule has 2 rings (SSSR count). The molecule has 2 N–H and O–H groups in total. The van der Waals surface area contributed by atoms with Crippen LogP contribution in [0.5, 0.6) is 5.88 Å². The van der Waals surface area contributed by atoms with Gasteiger partial charge < -0.3 is 15.4 Å². The number of hydrogen-bond acceptors (Lipinski definition) is 5. The fraction of sp³-hybridized carbons (Fsp3) is 0.438. The van der Waals surface area contributed by atoms with Crippen LogP contribution in [0.3, 0.4) is 0 Å². The Bertz CT molecular complexity index is 630. The molecule has 2 aromatic rings. The molecule has 2 aromatic heterocycles. The maximum Gasteiger partial charge on any atom is 0.212 e. The van der Waals surface area contributed by atoms with Gasteiger partial charge in [0.15, 0.2) is 5.96 Å². The molecule has 0 spiro atoms. The van der Waals surface area contributed by atoms with E-state index in [0.717, 1.165) is 41.7 Å². The Morgan fingerprint density at radius 2 is 2.17 bits per heavy atom. The van der Waals surface area contributed by atoms with Crippen molar-refractivity contribution in [2.75, 3.05) is 20.2 Å². The predicted octanol–water partition coefficient (Wildman–Crippen LogP) is 2.77. The Morgan fingerprint density at radius 1 is 1.33 bits per heavy atom. The summed E-state index contributed by atoms with van der Waals surface area (Å²) in [6.07, 6.45) is 2.67. The lowest BCUT2D eigenvalue weighted by atomic mass is 10.3. The molecule has 2 heterocycles. The highest BCUT2D eigenvalue weighted by Gasteiger charge is 2.01. The Kier molecular flexibility index (Phi) is 9.62. The van der Waals surface area contributed by atoms with Crippen molar-refractivity contribution in [3.63, 3.8) is 0 Å². The van der Waals surface area contributed by atoms with E-state index < -0.39 is 0 Å². The molecular formula is C16H24IN5OS. The number of aryl methyl sites for hydroxylation is 1. The Morgan fingerprint density at radius 3 is 2.75 bits per heavy atom. The average Bonchev–Trinajstić information content (AvgIpc) is 2.98. The number of thiazole rings is 1. The van der Waals surface area contributed by atoms with Crippen molar-refractivity contribution in [2.24, 2.45) is 4.99 Å². The van der Waals surface area contributed by atoms with Gasteiger partial charge in [0.05, 0.1) is 24.4 Å². The van der Waals surface area contributed by atoms with E-state index in [2.05, 4.69) is 37.9 Å². The monoisotopic (exact) mass is 461 g/mol. The maximum absolute atomic E-state index is 5.05. The third kappa shape index (κ3) is 7.00. The van der Waals surface area contributed by atoms with Crippen LogP contribution in [-0.4, -0.2) is 36.1 Å². The summed E-state index contributed by atoms with van der Waals surface area (Å²) < 4.78 is 5.05. The number of aliphatic imine (C=N–C) groups is 1. The minimum Gasteiger partial charge on any atom is -0.481 e. The molecule has 0 saturated heterocycles. The second kappa shape index (κ2) is 11.2. The number of guanidine groups is 1. The molecule has 0 amide bonds. The molecule has 0 aromatic carbocycles. The minimum absolute atomic E-state index is 0. The molecule has 0 bridgehead atoms. The molecule has 24 heavy (non-hydrogen) atoms. The van der Waals surface area contributed by atoms with Crippen molar-refractivity contribution >= 4 is 41.3 Å². The SMILES string of the molecule is CCNC(=NCc1ccc(OC)nc1)NCCc1csc(C)n1.I. The highest BCUT2D eigenvalue weighted by molar-refractivity contribution is 14.0. The van der Waals surface area contributed by atoms with Crippen LogP contribution in [0.4, 0.5) is 0 Å². The molecular weight excluding hydrogens is 437 g/mol. The zero-order valence-corrected chi connectivity index (χ0v) is 17.4. The second-order valence-electron chi connectivity index (χ2n) is 4.94. The standard InChI is InChI=1S/C16H23N5OS.HI/c1-4-17-16(18-8-7-14-11-23-12(2)21-14)20-10-13-5-6-15(22-3)19-9-13;/h5-6,9,11H,4,7-8,10H2,1-3H3,(H2,17,18,20);1H. The smallest absolute Gasteiger partial charge is 0.212 e. The van der Waals surface area contributed by atoms with Crippen LogP contribution in [0.25, 0.3) is 0 Å². The summed E-state index contributed by atoms with van der Waals surface area (Å²) in [6, 6.07) is 3.81. The third-order valence-electron chi connectivity index (χ3n) is 3.11. The third-order valence-corrected chi connectivity index (χ3v) is 3.93. The first-order valence-electron chi connectivity index (χ1n) is 7.63. The van der Waals surface area contributed by atoms with Crippen LogP contribution < -0.4 is 15.4 Å². The lowest BCUT2D eigenvalue weighted by Crippen LogP contribution is -2.38. The van der Waals surface area contributed by atoms with Crippen molar-refractivity contribution < 1.29 is 4.74 Å². The first-order valence-corrected chi connectivity index (χ1v) is 8.51. The largest absolute Gasteiger partial charge is 0.481 e. The molecule has 8 heteroatoms. The first kappa shape index (κ1) is 20.6. The number of ether oxygens (including phenoxy) is 1. The molecule has 0 aliphatic carbocycles. The van der Waals surface area contributed by atoms with Crippen LogP contribution in [0.1, 0.15) is 23.2 Å². The summed E-state index contributed by atoms with van der Waals surface area (Å²) in [5.41, 5.74) is 2.16. The molecule has 0 unspecified atom stereocenters. The van der Waals surface area contributed by atoms with Crippen LogP contribution in [-0.2, 0) is 13.0 Å². The van der Waals surface area contributed by atoms with E-state index in [0.29, 0.717) is 12.4 Å². The summed E-state index contributed by atoms with van der Waals surface area (Å²) in [5.74, 6) is 1.41. The molecule has 0 aliphatic rings. The van der Waals surface area contributed by atoms with Gasteiger partial charge >= 0.3 is 0 Å². The van der Waals surface area contributed by atoms with Crippen molar-refractivity contribution in [1.82, 2.24) is 20.6 Å². The van der Waals surface area contributed by atoms with E-state index in [9.17, 15) is 0 Å². The van der Waals surface area contributed by atoms with Crippen LogP contribution in [0.2, 0.25) is 0 Å². The van der Waals surface area contributed by atoms with Gasteiger partial charge in [0.25, 0.3) is 0 Å². The molecule has 0 aliphatic heterocycles. The van der Waals surface area contributed by atoms with Gasteiger partial charge in [-0.15, -0.1) is 35.3 Å². The lowest BCUT2D eigenvalue weighted by Gasteiger charge is -2.10. The van der Waals surface area contributed by atoms with Gasteiger partial charge in [-0.2, -0.15) is 0 Å². The van der Waals surface area contributed by atoms with E-state index >= 15 is 0 Å². The quantitative estimate of drug-likeness (QED) is 0.377. The Hall–Kier alpha value is -1.42. The maximum atomic E-state index is 5.05. The number of methoxy groups -OCH3 is 1. The summed E-state index contributed by atoms with van der Waals surface area (Å²) in [6.45, 7) is 6.27. The summed E-state index contributed by atoms with van der Waals surface area (Å²) >= 11 is 1.68. The van der Waals surface area contributed by atoms with Crippen LogP contribution in [0.15, 0.2) is 28.7 Å². The van der Waals surface area contributed by atoms with Gasteiger partial charge in [0.1, 0.15) is 0 Å². The number of rotatable bonds is 7. The van der Waals surface area contributed by atoms with E-state index in [1.807, 2.05) is 19.1 Å². The van der Waals surface area contributed by atoms with Crippen molar-refractivity contribution in [2.45, 2.75) is 26.8 Å². The Labute approximate surface area is 164 Å².